The van der Waals surface area contributed by atoms with Crippen LogP contribution in [-0.4, -0.2) is 44.8 Å². The molecule has 0 aromatic heterocycles. The molecule has 0 aromatic carbocycles. The van der Waals surface area contributed by atoms with Crippen molar-refractivity contribution in [1.82, 2.24) is 5.32 Å². The van der Waals surface area contributed by atoms with E-state index in [1.54, 1.807) is 0 Å². The minimum absolute atomic E-state index is 0.206. The standard InChI is InChI=1S/C17H33NO3/c1-4-6-7-14(5-2)13-19-16-12-17(20-10-11-21-17)9-8-15(16)18-3/h14-16,18H,4-13H2,1-3H3. The van der Waals surface area contributed by atoms with Gasteiger partial charge in [0.2, 0.25) is 0 Å². The average molecular weight is 299 g/mol. The van der Waals surface area contributed by atoms with E-state index in [4.69, 9.17) is 14.2 Å². The van der Waals surface area contributed by atoms with Crippen LogP contribution in [0.2, 0.25) is 0 Å². The Kier molecular flexibility index (Phi) is 6.93. The summed E-state index contributed by atoms with van der Waals surface area (Å²) >= 11 is 0. The second kappa shape index (κ2) is 8.47. The third-order valence-electron chi connectivity index (χ3n) is 5.07. The van der Waals surface area contributed by atoms with Gasteiger partial charge in [0.15, 0.2) is 5.79 Å². The molecule has 1 spiro atoms. The highest BCUT2D eigenvalue weighted by Crippen LogP contribution is 2.37. The lowest BCUT2D eigenvalue weighted by molar-refractivity contribution is -0.208. The molecule has 2 rings (SSSR count). The highest BCUT2D eigenvalue weighted by molar-refractivity contribution is 4.92. The average Bonchev–Trinajstić information content (AvgIpc) is 2.96. The van der Waals surface area contributed by atoms with Crippen molar-refractivity contribution in [2.24, 2.45) is 5.92 Å². The van der Waals surface area contributed by atoms with E-state index in [9.17, 15) is 0 Å². The van der Waals surface area contributed by atoms with Gasteiger partial charge in [-0.05, 0) is 25.8 Å². The smallest absolute Gasteiger partial charge is 0.171 e. The molecule has 3 atom stereocenters. The summed E-state index contributed by atoms with van der Waals surface area (Å²) in [6, 6.07) is 0.423. The number of nitrogens with one attached hydrogen (secondary N) is 1. The summed E-state index contributed by atoms with van der Waals surface area (Å²) in [5.74, 6) is 0.328. The molecule has 1 N–H and O–H groups in total. The fourth-order valence-electron chi connectivity index (χ4n) is 3.53. The first-order valence-electron chi connectivity index (χ1n) is 8.79. The van der Waals surface area contributed by atoms with Gasteiger partial charge in [0.1, 0.15) is 0 Å². The van der Waals surface area contributed by atoms with Crippen LogP contribution in [0.15, 0.2) is 0 Å². The zero-order valence-electron chi connectivity index (χ0n) is 14.0. The molecule has 2 fully saturated rings. The zero-order valence-corrected chi connectivity index (χ0v) is 14.0. The Hall–Kier alpha value is -0.160. The normalized spacial score (nSPS) is 29.9. The van der Waals surface area contributed by atoms with Gasteiger partial charge in [-0.3, -0.25) is 0 Å². The number of hydrogen-bond acceptors (Lipinski definition) is 4. The molecule has 1 saturated heterocycles. The van der Waals surface area contributed by atoms with E-state index in [1.165, 1.54) is 25.7 Å². The highest BCUT2D eigenvalue weighted by Gasteiger charge is 2.45. The number of hydrogen-bond donors (Lipinski definition) is 1. The van der Waals surface area contributed by atoms with Gasteiger partial charge in [0.25, 0.3) is 0 Å². The van der Waals surface area contributed by atoms with Crippen LogP contribution < -0.4 is 5.32 Å². The summed E-state index contributed by atoms with van der Waals surface area (Å²) < 4.78 is 18.0. The summed E-state index contributed by atoms with van der Waals surface area (Å²) in [6.45, 7) is 6.85. The van der Waals surface area contributed by atoms with Crippen molar-refractivity contribution in [1.29, 1.82) is 0 Å². The fourth-order valence-corrected chi connectivity index (χ4v) is 3.53. The molecule has 3 unspecified atom stereocenters. The lowest BCUT2D eigenvalue weighted by Gasteiger charge is -2.41. The Balaban J connectivity index is 1.85. The second-order valence-corrected chi connectivity index (χ2v) is 6.53. The van der Waals surface area contributed by atoms with Crippen LogP contribution in [0.3, 0.4) is 0 Å². The molecule has 4 nitrogen and oxygen atoms in total. The molecular formula is C17H33NO3. The van der Waals surface area contributed by atoms with E-state index < -0.39 is 0 Å². The van der Waals surface area contributed by atoms with Crippen molar-refractivity contribution >= 4 is 0 Å². The lowest BCUT2D eigenvalue weighted by Crippen LogP contribution is -2.51. The van der Waals surface area contributed by atoms with E-state index in [2.05, 4.69) is 19.2 Å². The molecule has 21 heavy (non-hydrogen) atoms. The topological polar surface area (TPSA) is 39.7 Å². The molecule has 0 bridgehead atoms. The van der Waals surface area contributed by atoms with Crippen molar-refractivity contribution in [3.8, 4) is 0 Å². The first kappa shape index (κ1) is 17.2. The Labute approximate surface area is 129 Å². The summed E-state index contributed by atoms with van der Waals surface area (Å²) in [7, 11) is 2.03. The monoisotopic (exact) mass is 299 g/mol. The van der Waals surface area contributed by atoms with E-state index in [-0.39, 0.29) is 11.9 Å². The van der Waals surface area contributed by atoms with Crippen molar-refractivity contribution in [2.45, 2.75) is 76.7 Å². The third kappa shape index (κ3) is 4.65. The maximum Gasteiger partial charge on any atom is 0.171 e. The zero-order chi connectivity index (χ0) is 15.1. The Bertz CT molecular complexity index is 292. The van der Waals surface area contributed by atoms with Crippen LogP contribution in [0.1, 0.15) is 58.8 Å². The van der Waals surface area contributed by atoms with Crippen molar-refractivity contribution in [3.05, 3.63) is 0 Å². The number of likely N-dealkylation sites (N-methyl/N-ethyl adjacent to an activating group) is 1. The predicted molar refractivity (Wildman–Crippen MR) is 84.4 cm³/mol. The summed E-state index contributed by atoms with van der Waals surface area (Å²) in [5, 5.41) is 3.41. The van der Waals surface area contributed by atoms with Crippen LogP contribution in [0.4, 0.5) is 0 Å². The van der Waals surface area contributed by atoms with Gasteiger partial charge in [-0.2, -0.15) is 0 Å². The molecule has 0 radical (unpaired) electrons. The van der Waals surface area contributed by atoms with Gasteiger partial charge in [0, 0.05) is 25.5 Å². The number of unbranched alkanes of at least 4 members (excludes halogenated alkanes) is 1. The van der Waals surface area contributed by atoms with E-state index in [1.807, 2.05) is 7.05 Å². The van der Waals surface area contributed by atoms with Gasteiger partial charge < -0.3 is 19.5 Å². The largest absolute Gasteiger partial charge is 0.376 e. The van der Waals surface area contributed by atoms with Crippen LogP contribution >= 0.6 is 0 Å². The van der Waals surface area contributed by atoms with Crippen molar-refractivity contribution in [3.63, 3.8) is 0 Å². The van der Waals surface area contributed by atoms with Crippen LogP contribution in [-0.2, 0) is 14.2 Å². The predicted octanol–water partition coefficient (Wildman–Crippen LogP) is 3.10. The van der Waals surface area contributed by atoms with Gasteiger partial charge in [0.05, 0.1) is 19.3 Å². The second-order valence-electron chi connectivity index (χ2n) is 6.53. The minimum atomic E-state index is -0.358. The first-order valence-corrected chi connectivity index (χ1v) is 8.79. The Morgan fingerprint density at radius 1 is 1.29 bits per heavy atom. The maximum absolute atomic E-state index is 6.30. The van der Waals surface area contributed by atoms with Gasteiger partial charge >= 0.3 is 0 Å². The maximum atomic E-state index is 6.30. The van der Waals surface area contributed by atoms with E-state index >= 15 is 0 Å². The lowest BCUT2D eigenvalue weighted by atomic mass is 9.87. The van der Waals surface area contributed by atoms with E-state index in [0.717, 1.165) is 39.1 Å². The molecular weight excluding hydrogens is 266 g/mol. The number of ether oxygens (including phenoxy) is 3. The van der Waals surface area contributed by atoms with Gasteiger partial charge in [-0.1, -0.05) is 33.1 Å². The Morgan fingerprint density at radius 2 is 2.05 bits per heavy atom. The van der Waals surface area contributed by atoms with Crippen LogP contribution in [0, 0.1) is 5.92 Å². The third-order valence-corrected chi connectivity index (χ3v) is 5.07. The number of rotatable bonds is 8. The fraction of sp³-hybridized carbons (Fsp3) is 1.00. The van der Waals surface area contributed by atoms with Gasteiger partial charge in [-0.25, -0.2) is 0 Å². The SMILES string of the molecule is CCCCC(CC)COC1CC2(CCC1NC)OCCO2. The van der Waals surface area contributed by atoms with E-state index in [0.29, 0.717) is 12.0 Å². The summed E-state index contributed by atoms with van der Waals surface area (Å²) in [4.78, 5) is 0. The molecule has 1 aliphatic heterocycles. The molecule has 1 heterocycles. The molecule has 124 valence electrons. The molecule has 1 aliphatic carbocycles. The minimum Gasteiger partial charge on any atom is -0.376 e. The molecule has 0 aromatic rings. The Morgan fingerprint density at radius 3 is 2.67 bits per heavy atom. The highest BCUT2D eigenvalue weighted by atomic mass is 16.7. The molecule has 2 aliphatic rings. The van der Waals surface area contributed by atoms with Gasteiger partial charge in [-0.15, -0.1) is 0 Å². The van der Waals surface area contributed by atoms with Crippen LogP contribution in [0.25, 0.3) is 0 Å². The summed E-state index contributed by atoms with van der Waals surface area (Å²) in [5.41, 5.74) is 0. The quantitative estimate of drug-likeness (QED) is 0.747. The molecule has 0 amide bonds. The van der Waals surface area contributed by atoms with Crippen molar-refractivity contribution < 1.29 is 14.2 Å². The van der Waals surface area contributed by atoms with Crippen molar-refractivity contribution in [2.75, 3.05) is 26.9 Å². The molecule has 1 saturated carbocycles. The first-order chi connectivity index (χ1) is 10.2. The molecule has 4 heteroatoms. The van der Waals surface area contributed by atoms with Crippen LogP contribution in [0.5, 0.6) is 0 Å². The summed E-state index contributed by atoms with van der Waals surface area (Å²) in [6.07, 6.45) is 8.16.